The van der Waals surface area contributed by atoms with Crippen molar-refractivity contribution >= 4 is 5.97 Å². The van der Waals surface area contributed by atoms with Crippen LogP contribution in [0.4, 0.5) is 0 Å². The van der Waals surface area contributed by atoms with Crippen molar-refractivity contribution in [3.8, 4) is 5.75 Å². The van der Waals surface area contributed by atoms with Gasteiger partial charge in [0.25, 0.3) is 0 Å². The van der Waals surface area contributed by atoms with Crippen molar-refractivity contribution in [3.63, 3.8) is 0 Å². The number of hydrogen-bond donors (Lipinski definition) is 1. The van der Waals surface area contributed by atoms with E-state index >= 15 is 0 Å². The molecule has 1 fully saturated rings. The summed E-state index contributed by atoms with van der Waals surface area (Å²) in [6.45, 7) is 4.80. The van der Waals surface area contributed by atoms with Crippen molar-refractivity contribution in [1.82, 2.24) is 4.98 Å². The van der Waals surface area contributed by atoms with Gasteiger partial charge in [0.05, 0.1) is 13.2 Å². The quantitative estimate of drug-likeness (QED) is 0.600. The second-order valence-electron chi connectivity index (χ2n) is 4.50. The molecule has 0 saturated carbocycles. The van der Waals surface area contributed by atoms with E-state index in [0.717, 1.165) is 6.42 Å². The fourth-order valence-corrected chi connectivity index (χ4v) is 1.81. The van der Waals surface area contributed by atoms with E-state index in [2.05, 4.69) is 4.98 Å². The molecular weight excluding hydrogens is 276 g/mol. The number of hydrogen-bond acceptors (Lipinski definition) is 7. The van der Waals surface area contributed by atoms with Crippen LogP contribution >= 0.6 is 0 Å². The second kappa shape index (κ2) is 7.35. The Labute approximate surface area is 123 Å². The van der Waals surface area contributed by atoms with Crippen LogP contribution in [-0.2, 0) is 14.2 Å². The summed E-state index contributed by atoms with van der Waals surface area (Å²) < 4.78 is 21.3. The Balaban J connectivity index is 2.16. The molecule has 0 aliphatic carbocycles. The third kappa shape index (κ3) is 4.13. The van der Waals surface area contributed by atoms with Gasteiger partial charge < -0.3 is 24.7 Å². The molecule has 0 bridgehead atoms. The summed E-state index contributed by atoms with van der Waals surface area (Å²) >= 11 is 0. The molecule has 21 heavy (non-hydrogen) atoms. The summed E-state index contributed by atoms with van der Waals surface area (Å²) in [5, 5.41) is 0. The summed E-state index contributed by atoms with van der Waals surface area (Å²) in [6.07, 6.45) is -0.129. The average molecular weight is 296 g/mol. The van der Waals surface area contributed by atoms with Crippen LogP contribution in [0, 0.1) is 0 Å². The van der Waals surface area contributed by atoms with Gasteiger partial charge in [0, 0.05) is 12.1 Å². The number of pyridine rings is 1. The van der Waals surface area contributed by atoms with E-state index in [-0.39, 0.29) is 18.6 Å². The van der Waals surface area contributed by atoms with Gasteiger partial charge in [-0.15, -0.1) is 0 Å². The average Bonchev–Trinajstić information content (AvgIpc) is 2.44. The highest BCUT2D eigenvalue weighted by atomic mass is 16.9. The number of rotatable bonds is 7. The minimum Gasteiger partial charge on any atom is -0.493 e. The van der Waals surface area contributed by atoms with Crippen LogP contribution < -0.4 is 10.5 Å². The van der Waals surface area contributed by atoms with Gasteiger partial charge in [0.15, 0.2) is 12.0 Å². The van der Waals surface area contributed by atoms with Crippen LogP contribution in [0.25, 0.3) is 0 Å². The maximum atomic E-state index is 11.8. The van der Waals surface area contributed by atoms with Crippen LogP contribution in [0.15, 0.2) is 12.1 Å². The Hall–Kier alpha value is -1.70. The molecule has 116 valence electrons. The molecule has 0 aromatic carbocycles. The molecule has 7 heteroatoms. The van der Waals surface area contributed by atoms with Gasteiger partial charge in [-0.2, -0.15) is 0 Å². The van der Waals surface area contributed by atoms with Crippen LogP contribution in [0.2, 0.25) is 0 Å². The van der Waals surface area contributed by atoms with Gasteiger partial charge in [-0.3, -0.25) is 0 Å². The highest BCUT2D eigenvalue weighted by Gasteiger charge is 2.31. The molecule has 2 heterocycles. The lowest BCUT2D eigenvalue weighted by Gasteiger charge is -2.33. The number of aromatic nitrogens is 1. The van der Waals surface area contributed by atoms with E-state index in [1.54, 1.807) is 26.0 Å². The molecule has 1 aromatic heterocycles. The van der Waals surface area contributed by atoms with E-state index in [4.69, 9.17) is 24.7 Å². The molecule has 0 unspecified atom stereocenters. The first kappa shape index (κ1) is 15.7. The summed E-state index contributed by atoms with van der Waals surface area (Å²) in [5.41, 5.74) is 6.09. The summed E-state index contributed by atoms with van der Waals surface area (Å²) in [4.78, 5) is 16.0. The minimum atomic E-state index is -0.578. The van der Waals surface area contributed by atoms with Crippen LogP contribution in [0.3, 0.4) is 0 Å². The lowest BCUT2D eigenvalue weighted by atomic mass is 10.2. The number of ether oxygens (including phenoxy) is 4. The summed E-state index contributed by atoms with van der Waals surface area (Å²) in [7, 11) is 0. The minimum absolute atomic E-state index is 0.170. The maximum absolute atomic E-state index is 11.8. The number of esters is 1. The molecule has 1 saturated heterocycles. The molecule has 1 aliphatic heterocycles. The van der Waals surface area contributed by atoms with Gasteiger partial charge in [0.1, 0.15) is 11.4 Å². The Bertz CT molecular complexity index is 488. The third-order valence-electron chi connectivity index (χ3n) is 2.79. The van der Waals surface area contributed by atoms with Crippen molar-refractivity contribution in [3.05, 3.63) is 23.5 Å². The first-order valence-electron chi connectivity index (χ1n) is 6.97. The highest BCUT2D eigenvalue weighted by Crippen LogP contribution is 2.32. The molecule has 1 aromatic rings. The number of nitrogens with two attached hydrogens (primary N) is 1. The summed E-state index contributed by atoms with van der Waals surface area (Å²) in [6, 6.07) is 3.23. The van der Waals surface area contributed by atoms with Gasteiger partial charge in [-0.25, -0.2) is 9.78 Å². The molecule has 0 amide bonds. The number of carbonyl (C=O) groups excluding carboxylic acids is 1. The fraction of sp³-hybridized carbons (Fsp3) is 0.571. The predicted octanol–water partition coefficient (Wildman–Crippen LogP) is 1.38. The smallest absolute Gasteiger partial charge is 0.357 e. The topological polar surface area (TPSA) is 92.9 Å². The molecule has 0 spiro atoms. The Morgan fingerprint density at radius 1 is 1.43 bits per heavy atom. The van der Waals surface area contributed by atoms with Gasteiger partial charge in [0.2, 0.25) is 6.29 Å². The first-order chi connectivity index (χ1) is 10.1. The van der Waals surface area contributed by atoms with E-state index in [0.29, 0.717) is 24.6 Å². The van der Waals surface area contributed by atoms with E-state index < -0.39 is 12.3 Å². The lowest BCUT2D eigenvalue weighted by molar-refractivity contribution is -0.384. The van der Waals surface area contributed by atoms with Gasteiger partial charge >= 0.3 is 5.97 Å². The first-order valence-corrected chi connectivity index (χ1v) is 6.97. The molecule has 2 rings (SSSR count). The van der Waals surface area contributed by atoms with E-state index in [9.17, 15) is 4.79 Å². The zero-order valence-corrected chi connectivity index (χ0v) is 12.2. The zero-order valence-electron chi connectivity index (χ0n) is 12.2. The van der Waals surface area contributed by atoms with Crippen molar-refractivity contribution in [2.24, 2.45) is 5.73 Å². The normalized spacial score (nSPS) is 20.7. The fourth-order valence-electron chi connectivity index (χ4n) is 1.81. The van der Waals surface area contributed by atoms with Crippen molar-refractivity contribution < 1.29 is 23.7 Å². The Morgan fingerprint density at radius 3 is 2.81 bits per heavy atom. The third-order valence-corrected chi connectivity index (χ3v) is 2.79. The van der Waals surface area contributed by atoms with Crippen LogP contribution in [0.1, 0.15) is 42.7 Å². The highest BCUT2D eigenvalue weighted by molar-refractivity contribution is 5.87. The predicted molar refractivity (Wildman–Crippen MR) is 73.7 cm³/mol. The van der Waals surface area contributed by atoms with Crippen LogP contribution in [-0.4, -0.2) is 37.0 Å². The standard InChI is InChI=1S/C14H20N2O5/c1-3-18-13(17)11-7-10(19-6-4-5-15)8-12(16-11)14-20-9(2)21-14/h7-9,14H,3-6,15H2,1-2H3. The second-order valence-corrected chi connectivity index (χ2v) is 4.50. The SMILES string of the molecule is CCOC(=O)c1cc(OCCCN)cc(C2OC(C)O2)n1. The van der Waals surface area contributed by atoms with Gasteiger partial charge in [-0.1, -0.05) is 0 Å². The van der Waals surface area contributed by atoms with Crippen molar-refractivity contribution in [1.29, 1.82) is 0 Å². The zero-order chi connectivity index (χ0) is 15.2. The maximum Gasteiger partial charge on any atom is 0.357 e. The molecule has 0 atom stereocenters. The monoisotopic (exact) mass is 296 g/mol. The van der Waals surface area contributed by atoms with Crippen molar-refractivity contribution in [2.45, 2.75) is 32.8 Å². The Kier molecular flexibility index (Phi) is 5.49. The summed E-state index contributed by atoms with van der Waals surface area (Å²) in [5.74, 6) is 0.0126. The molecular formula is C14H20N2O5. The Morgan fingerprint density at radius 2 is 2.19 bits per heavy atom. The largest absolute Gasteiger partial charge is 0.493 e. The molecule has 1 aliphatic rings. The van der Waals surface area contributed by atoms with E-state index in [1.165, 1.54) is 0 Å². The van der Waals surface area contributed by atoms with Crippen molar-refractivity contribution in [2.75, 3.05) is 19.8 Å². The van der Waals surface area contributed by atoms with Gasteiger partial charge in [-0.05, 0) is 26.8 Å². The molecule has 0 radical (unpaired) electrons. The molecule has 7 nitrogen and oxygen atoms in total. The van der Waals surface area contributed by atoms with Crippen LogP contribution in [0.5, 0.6) is 5.75 Å². The molecule has 2 N–H and O–H groups in total. The lowest BCUT2D eigenvalue weighted by Crippen LogP contribution is -2.32. The van der Waals surface area contributed by atoms with E-state index in [1.807, 2.05) is 0 Å². The number of nitrogens with zero attached hydrogens (tertiary/aromatic N) is 1. The number of carbonyl (C=O) groups is 1.